The van der Waals surface area contributed by atoms with Crippen molar-refractivity contribution in [3.05, 3.63) is 40.1 Å². The molecule has 1 aromatic carbocycles. The SMILES string of the molecule is Cc1ccn(CC(=O)Nc2c(Cl)cc(N)cc2Cl)n1. The number of carbonyl (C=O) groups is 1. The second-order valence-corrected chi connectivity index (χ2v) is 4.88. The zero-order chi connectivity index (χ0) is 14.0. The number of aryl methyl sites for hydroxylation is 1. The first-order valence-electron chi connectivity index (χ1n) is 5.50. The molecule has 0 saturated heterocycles. The first-order valence-corrected chi connectivity index (χ1v) is 6.25. The van der Waals surface area contributed by atoms with Gasteiger partial charge in [-0.05, 0) is 25.1 Å². The highest BCUT2D eigenvalue weighted by atomic mass is 35.5. The minimum atomic E-state index is -0.267. The van der Waals surface area contributed by atoms with Crippen molar-refractivity contribution < 1.29 is 4.79 Å². The van der Waals surface area contributed by atoms with Gasteiger partial charge in [0.1, 0.15) is 6.54 Å². The van der Waals surface area contributed by atoms with E-state index in [-0.39, 0.29) is 12.5 Å². The number of nitrogens with zero attached hydrogens (tertiary/aromatic N) is 2. The van der Waals surface area contributed by atoms with E-state index in [0.29, 0.717) is 21.4 Å². The molecule has 1 amide bonds. The minimum Gasteiger partial charge on any atom is -0.399 e. The molecule has 0 aliphatic heterocycles. The van der Waals surface area contributed by atoms with Crippen LogP contribution in [0.15, 0.2) is 24.4 Å². The number of benzene rings is 1. The maximum absolute atomic E-state index is 11.9. The number of nitrogens with one attached hydrogen (secondary N) is 1. The van der Waals surface area contributed by atoms with Crippen molar-refractivity contribution in [1.29, 1.82) is 0 Å². The third-order valence-corrected chi connectivity index (χ3v) is 3.00. The maximum Gasteiger partial charge on any atom is 0.246 e. The first kappa shape index (κ1) is 13.7. The van der Waals surface area contributed by atoms with E-state index in [9.17, 15) is 4.79 Å². The van der Waals surface area contributed by atoms with E-state index >= 15 is 0 Å². The van der Waals surface area contributed by atoms with Crippen molar-refractivity contribution in [1.82, 2.24) is 9.78 Å². The number of rotatable bonds is 3. The molecular formula is C12H12Cl2N4O. The molecule has 0 fully saturated rings. The van der Waals surface area contributed by atoms with Gasteiger partial charge in [-0.3, -0.25) is 9.48 Å². The molecule has 0 radical (unpaired) electrons. The molecule has 3 N–H and O–H groups in total. The summed E-state index contributed by atoms with van der Waals surface area (Å²) in [6.07, 6.45) is 1.72. The number of nitrogen functional groups attached to an aromatic ring is 1. The monoisotopic (exact) mass is 298 g/mol. The Morgan fingerprint density at radius 1 is 1.42 bits per heavy atom. The summed E-state index contributed by atoms with van der Waals surface area (Å²) in [5, 5.41) is 7.37. The quantitative estimate of drug-likeness (QED) is 0.856. The van der Waals surface area contributed by atoms with Gasteiger partial charge in [-0.2, -0.15) is 5.10 Å². The predicted molar refractivity (Wildman–Crippen MR) is 76.5 cm³/mol. The van der Waals surface area contributed by atoms with Crippen LogP contribution in [0.1, 0.15) is 5.69 Å². The van der Waals surface area contributed by atoms with Crippen LogP contribution in [0, 0.1) is 6.92 Å². The molecule has 7 heteroatoms. The van der Waals surface area contributed by atoms with Crippen molar-refractivity contribution in [2.45, 2.75) is 13.5 Å². The average Bonchev–Trinajstić information content (AvgIpc) is 2.69. The number of hydrogen-bond acceptors (Lipinski definition) is 3. The van der Waals surface area contributed by atoms with Gasteiger partial charge in [0, 0.05) is 11.9 Å². The molecule has 0 atom stereocenters. The number of amides is 1. The van der Waals surface area contributed by atoms with E-state index in [4.69, 9.17) is 28.9 Å². The molecule has 2 aromatic rings. The van der Waals surface area contributed by atoms with E-state index in [1.54, 1.807) is 6.20 Å². The summed E-state index contributed by atoms with van der Waals surface area (Å²) in [7, 11) is 0. The highest BCUT2D eigenvalue weighted by molar-refractivity contribution is 6.40. The lowest BCUT2D eigenvalue weighted by Gasteiger charge is -2.10. The Morgan fingerprint density at radius 2 is 2.05 bits per heavy atom. The van der Waals surface area contributed by atoms with Crippen molar-refractivity contribution in [2.24, 2.45) is 0 Å². The van der Waals surface area contributed by atoms with Crippen LogP contribution in [-0.4, -0.2) is 15.7 Å². The molecular weight excluding hydrogens is 287 g/mol. The number of anilines is 2. The van der Waals surface area contributed by atoms with Crippen molar-refractivity contribution >= 4 is 40.5 Å². The fourth-order valence-corrected chi connectivity index (χ4v) is 2.19. The topological polar surface area (TPSA) is 72.9 Å². The van der Waals surface area contributed by atoms with Crippen molar-refractivity contribution in [3.63, 3.8) is 0 Å². The van der Waals surface area contributed by atoms with E-state index < -0.39 is 0 Å². The van der Waals surface area contributed by atoms with Crippen LogP contribution < -0.4 is 11.1 Å². The fraction of sp³-hybridized carbons (Fsp3) is 0.167. The molecule has 0 spiro atoms. The molecule has 5 nitrogen and oxygen atoms in total. The Morgan fingerprint density at radius 3 is 2.58 bits per heavy atom. The Bertz CT molecular complexity index is 601. The van der Waals surface area contributed by atoms with Gasteiger partial charge in [-0.1, -0.05) is 23.2 Å². The van der Waals surface area contributed by atoms with Crippen LogP contribution in [0.4, 0.5) is 11.4 Å². The number of hydrogen-bond donors (Lipinski definition) is 2. The molecule has 0 aliphatic carbocycles. The highest BCUT2D eigenvalue weighted by Crippen LogP contribution is 2.32. The molecule has 1 aromatic heterocycles. The number of carbonyl (C=O) groups excluding carboxylic acids is 1. The summed E-state index contributed by atoms with van der Waals surface area (Å²) >= 11 is 12.0. The van der Waals surface area contributed by atoms with Crippen LogP contribution in [0.5, 0.6) is 0 Å². The fourth-order valence-electron chi connectivity index (χ4n) is 1.59. The van der Waals surface area contributed by atoms with Gasteiger partial charge >= 0.3 is 0 Å². The molecule has 1 heterocycles. The number of aromatic nitrogens is 2. The Kier molecular flexibility index (Phi) is 3.97. The van der Waals surface area contributed by atoms with E-state index in [1.165, 1.54) is 16.8 Å². The smallest absolute Gasteiger partial charge is 0.246 e. The molecule has 0 bridgehead atoms. The Balaban J connectivity index is 2.11. The van der Waals surface area contributed by atoms with E-state index in [2.05, 4.69) is 10.4 Å². The van der Waals surface area contributed by atoms with Gasteiger partial charge in [0.2, 0.25) is 5.91 Å². The van der Waals surface area contributed by atoms with Crippen molar-refractivity contribution in [3.8, 4) is 0 Å². The van der Waals surface area contributed by atoms with Gasteiger partial charge in [0.25, 0.3) is 0 Å². The molecule has 0 saturated carbocycles. The summed E-state index contributed by atoms with van der Waals surface area (Å²) in [4.78, 5) is 11.9. The zero-order valence-electron chi connectivity index (χ0n) is 10.2. The summed E-state index contributed by atoms with van der Waals surface area (Å²) in [6.45, 7) is 1.94. The summed E-state index contributed by atoms with van der Waals surface area (Å²) in [5.41, 5.74) is 7.23. The maximum atomic E-state index is 11.9. The highest BCUT2D eigenvalue weighted by Gasteiger charge is 2.11. The summed E-state index contributed by atoms with van der Waals surface area (Å²) < 4.78 is 1.53. The third-order valence-electron chi connectivity index (χ3n) is 2.41. The van der Waals surface area contributed by atoms with Gasteiger partial charge < -0.3 is 11.1 Å². The average molecular weight is 299 g/mol. The van der Waals surface area contributed by atoms with Crippen molar-refractivity contribution in [2.75, 3.05) is 11.1 Å². The Hall–Kier alpha value is -1.72. The van der Waals surface area contributed by atoms with Crippen LogP contribution in [0.25, 0.3) is 0 Å². The van der Waals surface area contributed by atoms with Gasteiger partial charge in [0.05, 0.1) is 21.4 Å². The number of nitrogens with two attached hydrogens (primary N) is 1. The lowest BCUT2D eigenvalue weighted by Crippen LogP contribution is -2.19. The predicted octanol–water partition coefficient (Wildman–Crippen LogP) is 2.72. The molecule has 19 heavy (non-hydrogen) atoms. The zero-order valence-corrected chi connectivity index (χ0v) is 11.7. The van der Waals surface area contributed by atoms with Gasteiger partial charge in [-0.15, -0.1) is 0 Å². The van der Waals surface area contributed by atoms with Crippen LogP contribution in [0.2, 0.25) is 10.0 Å². The Labute approximate surface area is 120 Å². The van der Waals surface area contributed by atoms with Gasteiger partial charge in [0.15, 0.2) is 0 Å². The molecule has 0 unspecified atom stereocenters. The third kappa shape index (κ3) is 3.39. The normalized spacial score (nSPS) is 10.5. The van der Waals surface area contributed by atoms with Crippen LogP contribution in [-0.2, 0) is 11.3 Å². The lowest BCUT2D eigenvalue weighted by atomic mass is 10.3. The second-order valence-electron chi connectivity index (χ2n) is 4.06. The lowest BCUT2D eigenvalue weighted by molar-refractivity contribution is -0.116. The standard InChI is InChI=1S/C12H12Cl2N4O/c1-7-2-3-18(17-7)6-11(19)16-12-9(13)4-8(15)5-10(12)14/h2-5H,6,15H2,1H3,(H,16,19). The van der Waals surface area contributed by atoms with Crippen LogP contribution in [0.3, 0.4) is 0 Å². The molecule has 2 rings (SSSR count). The van der Waals surface area contributed by atoms with Crippen LogP contribution >= 0.6 is 23.2 Å². The van der Waals surface area contributed by atoms with E-state index in [1.807, 2.05) is 13.0 Å². The van der Waals surface area contributed by atoms with E-state index in [0.717, 1.165) is 5.69 Å². The summed E-state index contributed by atoms with van der Waals surface area (Å²) in [6, 6.07) is 4.87. The largest absolute Gasteiger partial charge is 0.399 e. The minimum absolute atomic E-state index is 0.0882. The molecule has 100 valence electrons. The second kappa shape index (κ2) is 5.50. The van der Waals surface area contributed by atoms with Gasteiger partial charge in [-0.25, -0.2) is 0 Å². The first-order chi connectivity index (χ1) is 8.95. The summed E-state index contributed by atoms with van der Waals surface area (Å²) in [5.74, 6) is -0.267. The molecule has 0 aliphatic rings. The number of halogens is 2.